The molecule has 3 heteroatoms. The molecule has 82 valence electrons. The molecular formula is C12H17NOS. The zero-order valence-electron chi connectivity index (χ0n) is 8.98. The van der Waals surface area contributed by atoms with Gasteiger partial charge >= 0.3 is 0 Å². The number of hydrogen-bond acceptors (Lipinski definition) is 3. The van der Waals surface area contributed by atoms with E-state index in [0.717, 1.165) is 12.2 Å². The third-order valence-corrected chi connectivity index (χ3v) is 4.33. The molecule has 1 fully saturated rings. The van der Waals surface area contributed by atoms with Gasteiger partial charge in [0.1, 0.15) is 5.75 Å². The summed E-state index contributed by atoms with van der Waals surface area (Å²) in [5, 5.41) is 0.557. The molecule has 15 heavy (non-hydrogen) atoms. The highest BCUT2D eigenvalue weighted by molar-refractivity contribution is 8.00. The highest BCUT2D eigenvalue weighted by Gasteiger charge is 2.25. The Morgan fingerprint density at radius 3 is 2.80 bits per heavy atom. The summed E-state index contributed by atoms with van der Waals surface area (Å²) in [6.07, 6.45) is 3.64. The zero-order valence-corrected chi connectivity index (χ0v) is 9.80. The number of rotatable bonds is 3. The van der Waals surface area contributed by atoms with Crippen LogP contribution in [0.25, 0.3) is 0 Å². The summed E-state index contributed by atoms with van der Waals surface area (Å²) in [5.74, 6) is 0.960. The molecule has 2 atom stereocenters. The molecule has 0 amide bonds. The summed E-state index contributed by atoms with van der Waals surface area (Å²) in [6.45, 7) is 0. The van der Waals surface area contributed by atoms with Crippen molar-refractivity contribution in [2.75, 3.05) is 7.11 Å². The number of methoxy groups -OCH3 is 1. The van der Waals surface area contributed by atoms with Crippen molar-refractivity contribution < 1.29 is 4.74 Å². The molecule has 1 aromatic rings. The Hall–Kier alpha value is -0.670. The van der Waals surface area contributed by atoms with E-state index in [-0.39, 0.29) is 0 Å². The number of hydrogen-bond donors (Lipinski definition) is 1. The fraction of sp³-hybridized carbons (Fsp3) is 0.500. The van der Waals surface area contributed by atoms with Crippen molar-refractivity contribution in [3.63, 3.8) is 0 Å². The van der Waals surface area contributed by atoms with Crippen molar-refractivity contribution in [3.8, 4) is 5.75 Å². The van der Waals surface area contributed by atoms with E-state index in [1.165, 1.54) is 17.7 Å². The van der Waals surface area contributed by atoms with E-state index in [0.29, 0.717) is 11.3 Å². The predicted octanol–water partition coefficient (Wildman–Crippen LogP) is 2.67. The minimum atomic E-state index is 0.347. The smallest absolute Gasteiger partial charge is 0.132 e. The van der Waals surface area contributed by atoms with E-state index in [1.807, 2.05) is 30.0 Å². The van der Waals surface area contributed by atoms with Crippen molar-refractivity contribution >= 4 is 11.8 Å². The third kappa shape index (κ3) is 2.47. The zero-order chi connectivity index (χ0) is 10.7. The van der Waals surface area contributed by atoms with Crippen molar-refractivity contribution in [1.29, 1.82) is 0 Å². The summed E-state index contributed by atoms with van der Waals surface area (Å²) in [5.41, 5.74) is 6.06. The van der Waals surface area contributed by atoms with Gasteiger partial charge in [0.2, 0.25) is 0 Å². The normalized spacial score (nSPS) is 25.5. The van der Waals surface area contributed by atoms with E-state index in [9.17, 15) is 0 Å². The largest absolute Gasteiger partial charge is 0.496 e. The van der Waals surface area contributed by atoms with Gasteiger partial charge in [-0.25, -0.2) is 0 Å². The third-order valence-electron chi connectivity index (χ3n) is 2.85. The van der Waals surface area contributed by atoms with Crippen molar-refractivity contribution in [2.45, 2.75) is 35.4 Å². The van der Waals surface area contributed by atoms with Crippen LogP contribution in [0.5, 0.6) is 5.75 Å². The summed E-state index contributed by atoms with van der Waals surface area (Å²) in [4.78, 5) is 1.21. The minimum absolute atomic E-state index is 0.347. The molecule has 0 saturated heterocycles. The molecule has 1 aliphatic rings. The molecule has 0 aromatic heterocycles. The highest BCUT2D eigenvalue weighted by Crippen LogP contribution is 2.38. The van der Waals surface area contributed by atoms with Gasteiger partial charge in [-0.1, -0.05) is 18.6 Å². The van der Waals surface area contributed by atoms with Gasteiger partial charge in [-0.3, -0.25) is 0 Å². The minimum Gasteiger partial charge on any atom is -0.496 e. The molecule has 2 N–H and O–H groups in total. The predicted molar refractivity (Wildman–Crippen MR) is 64.5 cm³/mol. The average molecular weight is 223 g/mol. The Morgan fingerprint density at radius 2 is 2.13 bits per heavy atom. The second-order valence-electron chi connectivity index (χ2n) is 3.90. The van der Waals surface area contributed by atoms with E-state index >= 15 is 0 Å². The Morgan fingerprint density at radius 1 is 1.33 bits per heavy atom. The molecule has 2 unspecified atom stereocenters. The van der Waals surface area contributed by atoms with Crippen molar-refractivity contribution in [2.24, 2.45) is 5.73 Å². The number of thioether (sulfide) groups is 1. The Balaban J connectivity index is 2.09. The standard InChI is InChI=1S/C12H17NOS/c1-14-10-6-2-3-7-12(10)15-11-8-4-5-9(11)13/h2-3,6-7,9,11H,4-5,8,13H2,1H3. The summed E-state index contributed by atoms with van der Waals surface area (Å²) >= 11 is 1.86. The lowest BCUT2D eigenvalue weighted by Gasteiger charge is -2.16. The van der Waals surface area contributed by atoms with E-state index in [2.05, 4.69) is 6.07 Å². The van der Waals surface area contributed by atoms with E-state index in [4.69, 9.17) is 10.5 Å². The van der Waals surface area contributed by atoms with Crippen molar-refractivity contribution in [3.05, 3.63) is 24.3 Å². The molecule has 1 aliphatic carbocycles. The summed E-state index contributed by atoms with van der Waals surface area (Å²) in [6, 6.07) is 8.50. The van der Waals surface area contributed by atoms with Crippen LogP contribution in [-0.2, 0) is 0 Å². The van der Waals surface area contributed by atoms with E-state index < -0.39 is 0 Å². The van der Waals surface area contributed by atoms with Crippen LogP contribution in [0.3, 0.4) is 0 Å². The maximum absolute atomic E-state index is 6.06. The van der Waals surface area contributed by atoms with Crippen LogP contribution in [-0.4, -0.2) is 18.4 Å². The summed E-state index contributed by atoms with van der Waals surface area (Å²) in [7, 11) is 1.72. The van der Waals surface area contributed by atoms with Gasteiger partial charge in [-0.05, 0) is 25.0 Å². The van der Waals surface area contributed by atoms with Crippen LogP contribution in [0.2, 0.25) is 0 Å². The van der Waals surface area contributed by atoms with Gasteiger partial charge < -0.3 is 10.5 Å². The number of para-hydroxylation sites is 1. The van der Waals surface area contributed by atoms with Crippen LogP contribution >= 0.6 is 11.8 Å². The van der Waals surface area contributed by atoms with Crippen LogP contribution in [0.1, 0.15) is 19.3 Å². The number of nitrogens with two attached hydrogens (primary N) is 1. The molecular weight excluding hydrogens is 206 g/mol. The first-order valence-electron chi connectivity index (χ1n) is 5.36. The lowest BCUT2D eigenvalue weighted by Crippen LogP contribution is -2.26. The maximum Gasteiger partial charge on any atom is 0.132 e. The first-order valence-corrected chi connectivity index (χ1v) is 6.24. The molecule has 0 radical (unpaired) electrons. The Bertz CT molecular complexity index is 329. The van der Waals surface area contributed by atoms with Gasteiger partial charge in [0.25, 0.3) is 0 Å². The van der Waals surface area contributed by atoms with Gasteiger partial charge in [-0.15, -0.1) is 11.8 Å². The first kappa shape index (κ1) is 10.8. The van der Waals surface area contributed by atoms with E-state index in [1.54, 1.807) is 7.11 Å². The number of benzene rings is 1. The van der Waals surface area contributed by atoms with Crippen LogP contribution in [0.15, 0.2) is 29.2 Å². The highest BCUT2D eigenvalue weighted by atomic mass is 32.2. The molecule has 2 rings (SSSR count). The fourth-order valence-electron chi connectivity index (χ4n) is 1.98. The maximum atomic E-state index is 6.06. The fourth-order valence-corrected chi connectivity index (χ4v) is 3.33. The van der Waals surface area contributed by atoms with Gasteiger partial charge in [0.15, 0.2) is 0 Å². The second kappa shape index (κ2) is 4.90. The van der Waals surface area contributed by atoms with Crippen LogP contribution in [0.4, 0.5) is 0 Å². The molecule has 0 heterocycles. The topological polar surface area (TPSA) is 35.2 Å². The lowest BCUT2D eigenvalue weighted by molar-refractivity contribution is 0.404. The molecule has 0 aliphatic heterocycles. The van der Waals surface area contributed by atoms with Crippen LogP contribution < -0.4 is 10.5 Å². The SMILES string of the molecule is COc1ccccc1SC1CCCC1N. The van der Waals surface area contributed by atoms with Gasteiger partial charge in [0, 0.05) is 16.2 Å². The molecule has 0 bridgehead atoms. The monoisotopic (exact) mass is 223 g/mol. The first-order chi connectivity index (χ1) is 7.31. The van der Waals surface area contributed by atoms with Gasteiger partial charge in [0.05, 0.1) is 7.11 Å². The Labute approximate surface area is 95.2 Å². The molecule has 1 saturated carbocycles. The Kier molecular flexibility index (Phi) is 3.54. The summed E-state index contributed by atoms with van der Waals surface area (Å²) < 4.78 is 5.33. The molecule has 2 nitrogen and oxygen atoms in total. The quantitative estimate of drug-likeness (QED) is 0.855. The number of ether oxygens (including phenoxy) is 1. The second-order valence-corrected chi connectivity index (χ2v) is 5.18. The van der Waals surface area contributed by atoms with Gasteiger partial charge in [-0.2, -0.15) is 0 Å². The lowest BCUT2D eigenvalue weighted by atomic mass is 10.3. The molecule has 1 aromatic carbocycles. The molecule has 0 spiro atoms. The van der Waals surface area contributed by atoms with Crippen molar-refractivity contribution in [1.82, 2.24) is 0 Å². The average Bonchev–Trinajstić information content (AvgIpc) is 2.65. The van der Waals surface area contributed by atoms with Crippen LogP contribution in [0, 0.1) is 0 Å².